The number of amides is 1. The Kier molecular flexibility index (Phi) is 3.71. The van der Waals surface area contributed by atoms with Crippen LogP contribution in [0.4, 0.5) is 0 Å². The van der Waals surface area contributed by atoms with Gasteiger partial charge in [0.2, 0.25) is 5.89 Å². The van der Waals surface area contributed by atoms with Crippen LogP contribution in [0.2, 0.25) is 0 Å². The van der Waals surface area contributed by atoms with Gasteiger partial charge in [0.05, 0.1) is 18.7 Å². The first-order chi connectivity index (χ1) is 9.70. The molecule has 7 heteroatoms. The zero-order chi connectivity index (χ0) is 14.1. The maximum absolute atomic E-state index is 12.4. The number of hydrogen-bond donors (Lipinski definition) is 2. The lowest BCUT2D eigenvalue weighted by molar-refractivity contribution is 0.0633. The lowest BCUT2D eigenvalue weighted by Crippen LogP contribution is -2.40. The summed E-state index contributed by atoms with van der Waals surface area (Å²) in [6, 6.07) is -0.0794. The van der Waals surface area contributed by atoms with E-state index in [2.05, 4.69) is 15.5 Å². The first-order valence-corrected chi connectivity index (χ1v) is 7.19. The number of rotatable bonds is 3. The minimum Gasteiger partial charge on any atom is -0.394 e. The van der Waals surface area contributed by atoms with Crippen LogP contribution in [0.5, 0.6) is 0 Å². The molecule has 2 aliphatic heterocycles. The van der Waals surface area contributed by atoms with Crippen LogP contribution in [0.25, 0.3) is 0 Å². The van der Waals surface area contributed by atoms with Crippen LogP contribution in [-0.2, 0) is 0 Å². The highest BCUT2D eigenvalue weighted by atomic mass is 16.5. The zero-order valence-electron chi connectivity index (χ0n) is 11.6. The van der Waals surface area contributed by atoms with Crippen LogP contribution in [0.15, 0.2) is 4.52 Å². The van der Waals surface area contributed by atoms with Gasteiger partial charge in [0.1, 0.15) is 0 Å². The standard InChI is InChI=1S/C13H20N4O3/c1-8-4-6-17(10(8)7-18)13(19)11-15-12(20-16-11)9-3-2-5-14-9/h8-10,14,18H,2-7H2,1H3. The number of nitrogens with one attached hydrogen (secondary N) is 1. The Bertz CT molecular complexity index is 484. The molecule has 2 N–H and O–H groups in total. The first kappa shape index (κ1) is 13.5. The third kappa shape index (κ3) is 2.31. The molecule has 7 nitrogen and oxygen atoms in total. The van der Waals surface area contributed by atoms with Crippen LogP contribution < -0.4 is 5.32 Å². The van der Waals surface area contributed by atoms with Gasteiger partial charge in [0.25, 0.3) is 11.7 Å². The first-order valence-electron chi connectivity index (χ1n) is 7.19. The van der Waals surface area contributed by atoms with Gasteiger partial charge in [-0.1, -0.05) is 12.1 Å². The van der Waals surface area contributed by atoms with Crippen molar-refractivity contribution in [2.75, 3.05) is 19.7 Å². The number of carbonyl (C=O) groups excluding carboxylic acids is 1. The molecule has 0 bridgehead atoms. The maximum Gasteiger partial charge on any atom is 0.295 e. The summed E-state index contributed by atoms with van der Waals surface area (Å²) in [6.45, 7) is 3.59. The number of aliphatic hydroxyl groups excluding tert-OH is 1. The second-order valence-electron chi connectivity index (χ2n) is 5.62. The monoisotopic (exact) mass is 280 g/mol. The topological polar surface area (TPSA) is 91.5 Å². The van der Waals surface area contributed by atoms with Gasteiger partial charge in [-0.15, -0.1) is 0 Å². The molecule has 2 fully saturated rings. The van der Waals surface area contributed by atoms with Crippen LogP contribution >= 0.6 is 0 Å². The van der Waals surface area contributed by atoms with E-state index < -0.39 is 0 Å². The van der Waals surface area contributed by atoms with Gasteiger partial charge in [-0.2, -0.15) is 4.98 Å². The largest absolute Gasteiger partial charge is 0.394 e. The highest BCUT2D eigenvalue weighted by Gasteiger charge is 2.36. The summed E-state index contributed by atoms with van der Waals surface area (Å²) in [7, 11) is 0. The molecule has 2 saturated heterocycles. The number of carbonyl (C=O) groups is 1. The molecule has 0 aliphatic carbocycles. The van der Waals surface area contributed by atoms with Gasteiger partial charge in [-0.25, -0.2) is 0 Å². The Morgan fingerprint density at radius 1 is 1.55 bits per heavy atom. The van der Waals surface area contributed by atoms with Gasteiger partial charge >= 0.3 is 0 Å². The van der Waals surface area contributed by atoms with Gasteiger partial charge in [-0.3, -0.25) is 4.79 Å². The number of aliphatic hydroxyl groups is 1. The van der Waals surface area contributed by atoms with Crippen molar-refractivity contribution in [2.45, 2.75) is 38.3 Å². The third-order valence-corrected chi connectivity index (χ3v) is 4.32. The molecule has 20 heavy (non-hydrogen) atoms. The summed E-state index contributed by atoms with van der Waals surface area (Å²) < 4.78 is 5.19. The highest BCUT2D eigenvalue weighted by molar-refractivity contribution is 5.90. The molecule has 0 spiro atoms. The Labute approximate surface area is 117 Å². The van der Waals surface area contributed by atoms with Crippen molar-refractivity contribution >= 4 is 5.91 Å². The summed E-state index contributed by atoms with van der Waals surface area (Å²) in [5.41, 5.74) is 0. The second-order valence-corrected chi connectivity index (χ2v) is 5.62. The van der Waals surface area contributed by atoms with Crippen molar-refractivity contribution in [3.63, 3.8) is 0 Å². The molecule has 1 aromatic heterocycles. The highest BCUT2D eigenvalue weighted by Crippen LogP contribution is 2.26. The van der Waals surface area contributed by atoms with Gasteiger partial charge in [0.15, 0.2) is 0 Å². The SMILES string of the molecule is CC1CCN(C(=O)c2noc(C3CCCN3)n2)C1CO. The van der Waals surface area contributed by atoms with E-state index in [9.17, 15) is 9.90 Å². The number of nitrogens with zero attached hydrogens (tertiary/aromatic N) is 3. The van der Waals surface area contributed by atoms with E-state index in [1.807, 2.05) is 6.92 Å². The van der Waals surface area contributed by atoms with Crippen LogP contribution in [-0.4, -0.2) is 51.8 Å². The van der Waals surface area contributed by atoms with E-state index >= 15 is 0 Å². The van der Waals surface area contributed by atoms with E-state index in [1.165, 1.54) is 0 Å². The van der Waals surface area contributed by atoms with Crippen molar-refractivity contribution < 1.29 is 14.4 Å². The molecular weight excluding hydrogens is 260 g/mol. The average molecular weight is 280 g/mol. The van der Waals surface area contributed by atoms with Crippen molar-refractivity contribution in [3.05, 3.63) is 11.7 Å². The van der Waals surface area contributed by atoms with Crippen molar-refractivity contribution in [3.8, 4) is 0 Å². The third-order valence-electron chi connectivity index (χ3n) is 4.32. The van der Waals surface area contributed by atoms with E-state index in [0.717, 1.165) is 25.8 Å². The maximum atomic E-state index is 12.4. The fourth-order valence-electron chi connectivity index (χ4n) is 3.03. The Balaban J connectivity index is 1.74. The summed E-state index contributed by atoms with van der Waals surface area (Å²) in [6.07, 6.45) is 2.92. The van der Waals surface area contributed by atoms with Gasteiger partial charge in [0, 0.05) is 6.54 Å². The lowest BCUT2D eigenvalue weighted by atomic mass is 10.0. The predicted octanol–water partition coefficient (Wildman–Crippen LogP) is 0.337. The molecule has 0 radical (unpaired) electrons. The lowest BCUT2D eigenvalue weighted by Gasteiger charge is -2.23. The number of likely N-dealkylation sites (tertiary alicyclic amines) is 1. The Morgan fingerprint density at radius 3 is 3.10 bits per heavy atom. The number of aromatic nitrogens is 2. The summed E-state index contributed by atoms with van der Waals surface area (Å²) in [5.74, 6) is 0.633. The minimum absolute atomic E-state index is 0.0260. The van der Waals surface area contributed by atoms with Crippen molar-refractivity contribution in [2.24, 2.45) is 5.92 Å². The summed E-state index contributed by atoms with van der Waals surface area (Å²) >= 11 is 0. The molecule has 1 amide bonds. The molecule has 3 atom stereocenters. The molecule has 1 aromatic rings. The Morgan fingerprint density at radius 2 is 2.40 bits per heavy atom. The molecule has 2 aliphatic rings. The quantitative estimate of drug-likeness (QED) is 0.829. The van der Waals surface area contributed by atoms with Crippen molar-refractivity contribution in [1.82, 2.24) is 20.4 Å². The smallest absolute Gasteiger partial charge is 0.295 e. The van der Waals surface area contributed by atoms with Gasteiger partial charge in [-0.05, 0) is 31.7 Å². The summed E-state index contributed by atoms with van der Waals surface area (Å²) in [4.78, 5) is 18.3. The van der Waals surface area contributed by atoms with Crippen LogP contribution in [0.1, 0.15) is 48.7 Å². The molecule has 0 saturated carbocycles. The van der Waals surface area contributed by atoms with E-state index in [1.54, 1.807) is 4.90 Å². The second kappa shape index (κ2) is 5.49. The molecule has 110 valence electrons. The van der Waals surface area contributed by atoms with Crippen molar-refractivity contribution in [1.29, 1.82) is 0 Å². The molecule has 3 rings (SSSR count). The molecule has 3 unspecified atom stereocenters. The normalized spacial score (nSPS) is 30.1. The van der Waals surface area contributed by atoms with Crippen LogP contribution in [0, 0.1) is 5.92 Å². The number of hydrogen-bond acceptors (Lipinski definition) is 6. The Hall–Kier alpha value is -1.47. The summed E-state index contributed by atoms with van der Waals surface area (Å²) in [5, 5.41) is 16.5. The van der Waals surface area contributed by atoms with E-state index in [0.29, 0.717) is 18.4 Å². The van der Waals surface area contributed by atoms with E-state index in [4.69, 9.17) is 4.52 Å². The van der Waals surface area contributed by atoms with E-state index in [-0.39, 0.29) is 30.4 Å². The average Bonchev–Trinajstić information content (AvgIpc) is 3.17. The minimum atomic E-state index is -0.249. The van der Waals surface area contributed by atoms with Crippen LogP contribution in [0.3, 0.4) is 0 Å². The van der Waals surface area contributed by atoms with Gasteiger partial charge < -0.3 is 19.8 Å². The fraction of sp³-hybridized carbons (Fsp3) is 0.769. The molecular formula is C13H20N4O3. The molecule has 3 heterocycles. The fourth-order valence-corrected chi connectivity index (χ4v) is 3.03. The molecule has 0 aromatic carbocycles. The zero-order valence-corrected chi connectivity index (χ0v) is 11.6. The predicted molar refractivity (Wildman–Crippen MR) is 70.0 cm³/mol.